The van der Waals surface area contributed by atoms with Gasteiger partial charge in [-0.2, -0.15) is 0 Å². The van der Waals surface area contributed by atoms with E-state index in [1.165, 1.54) is 0 Å². The van der Waals surface area contributed by atoms with E-state index in [9.17, 15) is 4.79 Å². The Hall–Kier alpha value is -3.12. The molecule has 0 amide bonds. The summed E-state index contributed by atoms with van der Waals surface area (Å²) in [5.41, 5.74) is 1.94. The van der Waals surface area contributed by atoms with Crippen LogP contribution in [0.3, 0.4) is 0 Å². The first-order valence-corrected chi connectivity index (χ1v) is 9.72. The summed E-state index contributed by atoms with van der Waals surface area (Å²) in [6.07, 6.45) is 2.26. The van der Waals surface area contributed by atoms with Gasteiger partial charge in [0.05, 0.1) is 11.7 Å². The molecule has 2 heterocycles. The molecule has 0 N–H and O–H groups in total. The average Bonchev–Trinajstić information content (AvgIpc) is 3.41. The Labute approximate surface area is 169 Å². The summed E-state index contributed by atoms with van der Waals surface area (Å²) in [6, 6.07) is 16.5. The number of carbonyl (C=O) groups is 1. The molecule has 0 spiro atoms. The molecular formula is C23H23NO5. The second kappa shape index (κ2) is 8.92. The molecule has 0 radical (unpaired) electrons. The van der Waals surface area contributed by atoms with E-state index in [0.717, 1.165) is 25.0 Å². The minimum atomic E-state index is -0.417. The summed E-state index contributed by atoms with van der Waals surface area (Å²) in [5.74, 6) is 1.44. The number of benzene rings is 2. The van der Waals surface area contributed by atoms with Gasteiger partial charge in [-0.05, 0) is 56.2 Å². The van der Waals surface area contributed by atoms with Crippen LogP contribution in [-0.2, 0) is 16.1 Å². The maximum Gasteiger partial charge on any atom is 0.338 e. The minimum absolute atomic E-state index is 0.0538. The van der Waals surface area contributed by atoms with Crippen molar-refractivity contribution in [3.63, 3.8) is 0 Å². The van der Waals surface area contributed by atoms with E-state index in [0.29, 0.717) is 35.3 Å². The molecule has 1 aliphatic rings. The summed E-state index contributed by atoms with van der Waals surface area (Å²) in [4.78, 5) is 16.8. The summed E-state index contributed by atoms with van der Waals surface area (Å²) in [7, 11) is 0. The third-order valence-corrected chi connectivity index (χ3v) is 4.80. The van der Waals surface area contributed by atoms with Gasteiger partial charge in [0.25, 0.3) is 0 Å². The van der Waals surface area contributed by atoms with Crippen molar-refractivity contribution >= 4 is 5.97 Å². The van der Waals surface area contributed by atoms with Crippen molar-refractivity contribution in [1.82, 2.24) is 4.98 Å². The van der Waals surface area contributed by atoms with Crippen LogP contribution in [0.25, 0.3) is 11.5 Å². The smallest absolute Gasteiger partial charge is 0.338 e. The van der Waals surface area contributed by atoms with Crippen LogP contribution in [0.4, 0.5) is 0 Å². The lowest BCUT2D eigenvalue weighted by Gasteiger charge is -2.11. The molecule has 0 aliphatic carbocycles. The number of nitrogens with zero attached hydrogens (tertiary/aromatic N) is 1. The molecule has 150 valence electrons. The van der Waals surface area contributed by atoms with E-state index in [4.69, 9.17) is 18.6 Å². The van der Waals surface area contributed by atoms with Crippen molar-refractivity contribution in [2.24, 2.45) is 0 Å². The second-order valence-electron chi connectivity index (χ2n) is 6.93. The van der Waals surface area contributed by atoms with E-state index >= 15 is 0 Å². The predicted molar refractivity (Wildman–Crippen MR) is 107 cm³/mol. The molecule has 0 bridgehead atoms. The lowest BCUT2D eigenvalue weighted by atomic mass is 10.2. The van der Waals surface area contributed by atoms with Gasteiger partial charge in [-0.25, -0.2) is 9.78 Å². The molecule has 1 unspecified atom stereocenters. The Balaban J connectivity index is 1.32. The number of hydrogen-bond donors (Lipinski definition) is 0. The van der Waals surface area contributed by atoms with E-state index in [2.05, 4.69) is 4.98 Å². The second-order valence-corrected chi connectivity index (χ2v) is 6.93. The van der Waals surface area contributed by atoms with Gasteiger partial charge in [-0.1, -0.05) is 18.2 Å². The molecule has 6 nitrogen and oxygen atoms in total. The van der Waals surface area contributed by atoms with Crippen molar-refractivity contribution in [3.05, 3.63) is 71.6 Å². The molecule has 29 heavy (non-hydrogen) atoms. The number of ether oxygens (including phenoxy) is 3. The first-order valence-electron chi connectivity index (χ1n) is 9.72. The Bertz CT molecular complexity index is 943. The van der Waals surface area contributed by atoms with Crippen LogP contribution in [0.15, 0.2) is 59.0 Å². The maximum atomic E-state index is 12.3. The lowest BCUT2D eigenvalue weighted by Crippen LogP contribution is -2.16. The molecule has 1 aliphatic heterocycles. The number of aryl methyl sites for hydroxylation is 1. The van der Waals surface area contributed by atoms with Gasteiger partial charge in [-0.3, -0.25) is 0 Å². The van der Waals surface area contributed by atoms with E-state index in [-0.39, 0.29) is 12.7 Å². The van der Waals surface area contributed by atoms with Gasteiger partial charge in [0.15, 0.2) is 0 Å². The quantitative estimate of drug-likeness (QED) is 0.548. The van der Waals surface area contributed by atoms with Crippen LogP contribution in [0.1, 0.15) is 34.7 Å². The number of esters is 1. The monoisotopic (exact) mass is 393 g/mol. The Kier molecular flexibility index (Phi) is 5.91. The topological polar surface area (TPSA) is 70.8 Å². The summed E-state index contributed by atoms with van der Waals surface area (Å²) < 4.78 is 22.3. The summed E-state index contributed by atoms with van der Waals surface area (Å²) in [5, 5.41) is 0. The summed E-state index contributed by atoms with van der Waals surface area (Å²) in [6.45, 7) is 3.19. The van der Waals surface area contributed by atoms with Gasteiger partial charge in [0, 0.05) is 12.2 Å². The van der Waals surface area contributed by atoms with E-state index in [1.807, 2.05) is 37.3 Å². The van der Waals surface area contributed by atoms with Crippen LogP contribution in [-0.4, -0.2) is 30.3 Å². The van der Waals surface area contributed by atoms with Crippen molar-refractivity contribution in [2.45, 2.75) is 32.5 Å². The van der Waals surface area contributed by atoms with Crippen molar-refractivity contribution in [3.8, 4) is 17.2 Å². The first-order chi connectivity index (χ1) is 14.2. The van der Waals surface area contributed by atoms with Crippen LogP contribution in [0, 0.1) is 6.92 Å². The van der Waals surface area contributed by atoms with Gasteiger partial charge in [0.1, 0.15) is 30.4 Å². The number of aromatic nitrogens is 1. The highest BCUT2D eigenvalue weighted by molar-refractivity contribution is 5.89. The number of rotatable bonds is 7. The zero-order valence-electron chi connectivity index (χ0n) is 16.3. The van der Waals surface area contributed by atoms with Crippen LogP contribution >= 0.6 is 0 Å². The first kappa shape index (κ1) is 19.2. The highest BCUT2D eigenvalue weighted by Crippen LogP contribution is 2.22. The molecule has 1 fully saturated rings. The van der Waals surface area contributed by atoms with Crippen molar-refractivity contribution in [2.75, 3.05) is 13.2 Å². The normalized spacial score (nSPS) is 16.0. The molecule has 0 saturated carbocycles. The Morgan fingerprint density at radius 2 is 1.93 bits per heavy atom. The fraction of sp³-hybridized carbons (Fsp3) is 0.304. The molecule has 1 aromatic heterocycles. The van der Waals surface area contributed by atoms with E-state index in [1.54, 1.807) is 24.3 Å². The fourth-order valence-corrected chi connectivity index (χ4v) is 3.14. The Morgan fingerprint density at radius 3 is 2.66 bits per heavy atom. The van der Waals surface area contributed by atoms with Gasteiger partial charge >= 0.3 is 5.97 Å². The highest BCUT2D eigenvalue weighted by atomic mass is 16.5. The van der Waals surface area contributed by atoms with Gasteiger partial charge in [0.2, 0.25) is 5.89 Å². The lowest BCUT2D eigenvalue weighted by molar-refractivity contribution is 0.0466. The largest absolute Gasteiger partial charge is 0.491 e. The fourth-order valence-electron chi connectivity index (χ4n) is 3.14. The third-order valence-electron chi connectivity index (χ3n) is 4.80. The SMILES string of the molecule is Cc1oc(-c2ccccc2)nc1COC(=O)c1ccc(OCC2CCCO2)cc1. The predicted octanol–water partition coefficient (Wildman–Crippen LogP) is 4.56. The summed E-state index contributed by atoms with van der Waals surface area (Å²) >= 11 is 0. The maximum absolute atomic E-state index is 12.3. The zero-order valence-corrected chi connectivity index (χ0v) is 16.3. The van der Waals surface area contributed by atoms with Crippen LogP contribution < -0.4 is 4.74 Å². The molecule has 3 aromatic rings. The number of oxazole rings is 1. The number of carbonyl (C=O) groups excluding carboxylic acids is 1. The molecular weight excluding hydrogens is 370 g/mol. The molecule has 4 rings (SSSR count). The molecule has 1 atom stereocenters. The Morgan fingerprint density at radius 1 is 1.14 bits per heavy atom. The van der Waals surface area contributed by atoms with Gasteiger partial charge in [-0.15, -0.1) is 0 Å². The van der Waals surface area contributed by atoms with Crippen molar-refractivity contribution < 1.29 is 23.4 Å². The van der Waals surface area contributed by atoms with Crippen molar-refractivity contribution in [1.29, 1.82) is 0 Å². The van der Waals surface area contributed by atoms with Crippen LogP contribution in [0.5, 0.6) is 5.75 Å². The minimum Gasteiger partial charge on any atom is -0.491 e. The van der Waals surface area contributed by atoms with E-state index < -0.39 is 5.97 Å². The molecule has 2 aromatic carbocycles. The molecule has 1 saturated heterocycles. The average molecular weight is 393 g/mol. The zero-order chi connectivity index (χ0) is 20.1. The highest BCUT2D eigenvalue weighted by Gasteiger charge is 2.17. The third kappa shape index (κ3) is 4.84. The number of hydrogen-bond acceptors (Lipinski definition) is 6. The van der Waals surface area contributed by atoms with Gasteiger partial charge < -0.3 is 18.6 Å². The van der Waals surface area contributed by atoms with Crippen LogP contribution in [0.2, 0.25) is 0 Å². The molecule has 6 heteroatoms. The standard InChI is InChI=1S/C23H23NO5/c1-16-21(24-22(29-16)17-6-3-2-4-7-17)15-28-23(25)18-9-11-19(12-10-18)27-14-20-8-5-13-26-20/h2-4,6-7,9-12,20H,5,8,13-15H2,1H3.